The minimum atomic E-state index is 0.0574. The molecule has 3 heteroatoms. The van der Waals surface area contributed by atoms with Crippen LogP contribution in [-0.4, -0.2) is 18.9 Å². The fourth-order valence-electron chi connectivity index (χ4n) is 0.625. The van der Waals surface area contributed by atoms with E-state index in [1.54, 1.807) is 6.08 Å². The van der Waals surface area contributed by atoms with Crippen LogP contribution < -0.4 is 11.1 Å². The van der Waals surface area contributed by atoms with Gasteiger partial charge in [0, 0.05) is 18.8 Å². The quantitative estimate of drug-likeness (QED) is 0.544. The molecule has 0 unspecified atom stereocenters. The Kier molecular flexibility index (Phi) is 4.58. The molecular formula is C7H14N2O. The summed E-state index contributed by atoms with van der Waals surface area (Å²) in [6.45, 7) is 4.67. The van der Waals surface area contributed by atoms with Crippen LogP contribution >= 0.6 is 0 Å². The lowest BCUT2D eigenvalue weighted by atomic mass is 10.3. The highest BCUT2D eigenvalue weighted by Crippen LogP contribution is 1.84. The molecule has 0 aliphatic heterocycles. The first kappa shape index (κ1) is 9.17. The van der Waals surface area contributed by atoms with E-state index in [4.69, 9.17) is 5.73 Å². The minimum absolute atomic E-state index is 0.0574. The van der Waals surface area contributed by atoms with Gasteiger partial charge in [-0.15, -0.1) is 0 Å². The molecule has 0 amide bonds. The number of carbonyl (C=O) groups excluding carboxylic acids is 1. The molecule has 0 saturated heterocycles. The molecule has 0 aromatic rings. The molecule has 0 rings (SSSR count). The van der Waals surface area contributed by atoms with Crippen LogP contribution in [0.1, 0.15) is 13.8 Å². The zero-order valence-electron chi connectivity index (χ0n) is 6.48. The van der Waals surface area contributed by atoms with Crippen molar-refractivity contribution in [1.82, 2.24) is 5.32 Å². The largest absolute Gasteiger partial charge is 0.387 e. The SMILES string of the molecule is CC(=O)C=C(C)NCCN. The molecule has 0 spiro atoms. The van der Waals surface area contributed by atoms with E-state index in [1.807, 2.05) is 6.92 Å². The van der Waals surface area contributed by atoms with Crippen LogP contribution in [0.2, 0.25) is 0 Å². The lowest BCUT2D eigenvalue weighted by Crippen LogP contribution is -2.20. The molecule has 3 nitrogen and oxygen atoms in total. The smallest absolute Gasteiger partial charge is 0.154 e. The Morgan fingerprint density at radius 3 is 2.60 bits per heavy atom. The van der Waals surface area contributed by atoms with Crippen molar-refractivity contribution >= 4 is 5.78 Å². The average Bonchev–Trinajstić information content (AvgIpc) is 1.82. The molecule has 0 heterocycles. The minimum Gasteiger partial charge on any atom is -0.387 e. The molecule has 3 N–H and O–H groups in total. The Balaban J connectivity index is 3.60. The zero-order valence-corrected chi connectivity index (χ0v) is 6.48. The van der Waals surface area contributed by atoms with Crippen molar-refractivity contribution in [2.24, 2.45) is 5.73 Å². The van der Waals surface area contributed by atoms with Crippen LogP contribution in [0.3, 0.4) is 0 Å². The van der Waals surface area contributed by atoms with Gasteiger partial charge < -0.3 is 11.1 Å². The van der Waals surface area contributed by atoms with E-state index < -0.39 is 0 Å². The fourth-order valence-corrected chi connectivity index (χ4v) is 0.625. The second kappa shape index (κ2) is 4.99. The van der Waals surface area contributed by atoms with Gasteiger partial charge in [-0.3, -0.25) is 4.79 Å². The third-order valence-corrected chi connectivity index (χ3v) is 0.968. The summed E-state index contributed by atoms with van der Waals surface area (Å²) in [5.74, 6) is 0.0574. The molecule has 0 fully saturated rings. The van der Waals surface area contributed by atoms with Gasteiger partial charge in [0.25, 0.3) is 0 Å². The van der Waals surface area contributed by atoms with Crippen molar-refractivity contribution in [2.45, 2.75) is 13.8 Å². The molecule has 0 aromatic carbocycles. The molecule has 0 saturated carbocycles. The number of hydrogen-bond acceptors (Lipinski definition) is 3. The second-order valence-electron chi connectivity index (χ2n) is 2.15. The van der Waals surface area contributed by atoms with E-state index in [0.29, 0.717) is 6.54 Å². The molecule has 0 aliphatic rings. The number of hydrogen-bond donors (Lipinski definition) is 2. The first-order valence-electron chi connectivity index (χ1n) is 3.29. The number of rotatable bonds is 4. The van der Waals surface area contributed by atoms with E-state index in [0.717, 1.165) is 12.2 Å². The van der Waals surface area contributed by atoms with E-state index in [9.17, 15) is 4.79 Å². The Hall–Kier alpha value is -0.830. The van der Waals surface area contributed by atoms with Crippen LogP contribution in [0.25, 0.3) is 0 Å². The van der Waals surface area contributed by atoms with Crippen molar-refractivity contribution in [3.8, 4) is 0 Å². The van der Waals surface area contributed by atoms with Crippen LogP contribution in [-0.2, 0) is 4.79 Å². The normalized spacial score (nSPS) is 11.3. The van der Waals surface area contributed by atoms with Crippen LogP contribution in [0, 0.1) is 0 Å². The van der Waals surface area contributed by atoms with Gasteiger partial charge in [-0.05, 0) is 19.9 Å². The number of carbonyl (C=O) groups is 1. The standard InChI is InChI=1S/C7H14N2O/c1-6(5-7(2)10)9-4-3-8/h5,9H,3-4,8H2,1-2H3. The maximum atomic E-state index is 10.5. The molecule has 0 atom stereocenters. The Morgan fingerprint density at radius 1 is 1.60 bits per heavy atom. The van der Waals surface area contributed by atoms with Crippen molar-refractivity contribution in [3.05, 3.63) is 11.8 Å². The summed E-state index contributed by atoms with van der Waals surface area (Å²) in [4.78, 5) is 10.5. The van der Waals surface area contributed by atoms with Crippen LogP contribution in [0.15, 0.2) is 11.8 Å². The van der Waals surface area contributed by atoms with Crippen molar-refractivity contribution in [3.63, 3.8) is 0 Å². The maximum Gasteiger partial charge on any atom is 0.154 e. The topological polar surface area (TPSA) is 55.1 Å². The summed E-state index contributed by atoms with van der Waals surface area (Å²) >= 11 is 0. The summed E-state index contributed by atoms with van der Waals surface area (Å²) in [5, 5.41) is 2.98. The molecule has 58 valence electrons. The summed E-state index contributed by atoms with van der Waals surface area (Å²) in [7, 11) is 0. The summed E-state index contributed by atoms with van der Waals surface area (Å²) in [6, 6.07) is 0. The van der Waals surface area contributed by atoms with E-state index in [-0.39, 0.29) is 5.78 Å². The van der Waals surface area contributed by atoms with Gasteiger partial charge in [0.05, 0.1) is 0 Å². The lowest BCUT2D eigenvalue weighted by Gasteiger charge is -2.01. The zero-order chi connectivity index (χ0) is 7.98. The Labute approximate surface area is 61.3 Å². The van der Waals surface area contributed by atoms with Gasteiger partial charge in [-0.1, -0.05) is 0 Å². The van der Waals surface area contributed by atoms with Gasteiger partial charge in [0.15, 0.2) is 5.78 Å². The highest BCUT2D eigenvalue weighted by Gasteiger charge is 1.88. The third-order valence-electron chi connectivity index (χ3n) is 0.968. The van der Waals surface area contributed by atoms with Crippen molar-refractivity contribution in [2.75, 3.05) is 13.1 Å². The first-order chi connectivity index (χ1) is 4.66. The highest BCUT2D eigenvalue weighted by atomic mass is 16.1. The number of allylic oxidation sites excluding steroid dienone is 2. The summed E-state index contributed by atoms with van der Waals surface area (Å²) in [6.07, 6.45) is 1.55. The second-order valence-corrected chi connectivity index (χ2v) is 2.15. The predicted molar refractivity (Wildman–Crippen MR) is 41.5 cm³/mol. The number of nitrogens with two attached hydrogens (primary N) is 1. The van der Waals surface area contributed by atoms with Gasteiger partial charge in [0.2, 0.25) is 0 Å². The Bertz CT molecular complexity index is 141. The van der Waals surface area contributed by atoms with Crippen molar-refractivity contribution < 1.29 is 4.79 Å². The average molecular weight is 142 g/mol. The van der Waals surface area contributed by atoms with E-state index in [2.05, 4.69) is 5.32 Å². The predicted octanol–water partition coefficient (Wildman–Crippen LogP) is 0.0275. The molecule has 0 radical (unpaired) electrons. The summed E-state index contributed by atoms with van der Waals surface area (Å²) < 4.78 is 0. The van der Waals surface area contributed by atoms with Crippen LogP contribution in [0.4, 0.5) is 0 Å². The summed E-state index contributed by atoms with van der Waals surface area (Å²) in [5.41, 5.74) is 6.11. The Morgan fingerprint density at radius 2 is 2.20 bits per heavy atom. The van der Waals surface area contributed by atoms with Gasteiger partial charge in [-0.25, -0.2) is 0 Å². The van der Waals surface area contributed by atoms with Gasteiger partial charge in [-0.2, -0.15) is 0 Å². The number of nitrogens with one attached hydrogen (secondary N) is 1. The van der Waals surface area contributed by atoms with E-state index >= 15 is 0 Å². The number of ketones is 1. The first-order valence-corrected chi connectivity index (χ1v) is 3.29. The van der Waals surface area contributed by atoms with Gasteiger partial charge in [0.1, 0.15) is 0 Å². The molecule has 0 bridgehead atoms. The fraction of sp³-hybridized carbons (Fsp3) is 0.571. The molecule has 0 aliphatic carbocycles. The third kappa shape index (κ3) is 5.31. The molecule has 10 heavy (non-hydrogen) atoms. The maximum absolute atomic E-state index is 10.5. The van der Waals surface area contributed by atoms with Crippen molar-refractivity contribution in [1.29, 1.82) is 0 Å². The monoisotopic (exact) mass is 142 g/mol. The van der Waals surface area contributed by atoms with Gasteiger partial charge >= 0.3 is 0 Å². The van der Waals surface area contributed by atoms with Crippen LogP contribution in [0.5, 0.6) is 0 Å². The lowest BCUT2D eigenvalue weighted by molar-refractivity contribution is -0.112. The van der Waals surface area contributed by atoms with E-state index in [1.165, 1.54) is 6.92 Å². The molecule has 0 aromatic heterocycles. The molecular weight excluding hydrogens is 128 g/mol. The highest BCUT2D eigenvalue weighted by molar-refractivity contribution is 5.87.